The lowest BCUT2D eigenvalue weighted by Crippen LogP contribution is -2.38. The van der Waals surface area contributed by atoms with Crippen LogP contribution in [0.4, 0.5) is 10.1 Å². The summed E-state index contributed by atoms with van der Waals surface area (Å²) in [5.41, 5.74) is 9.17. The number of piperidine rings is 1. The second kappa shape index (κ2) is 15.8. The van der Waals surface area contributed by atoms with Gasteiger partial charge in [-0.2, -0.15) is 0 Å². The largest absolute Gasteiger partial charge is 0.371 e. The van der Waals surface area contributed by atoms with Gasteiger partial charge in [-0.1, -0.05) is 74.0 Å². The van der Waals surface area contributed by atoms with Gasteiger partial charge in [0.2, 0.25) is 0 Å². The molecule has 0 aliphatic carbocycles. The van der Waals surface area contributed by atoms with E-state index in [1.165, 1.54) is 23.2 Å². The zero-order valence-electron chi connectivity index (χ0n) is 26.7. The van der Waals surface area contributed by atoms with Crippen molar-refractivity contribution >= 4 is 5.69 Å². The lowest BCUT2D eigenvalue weighted by atomic mass is 9.81. The fourth-order valence-corrected chi connectivity index (χ4v) is 4.74. The van der Waals surface area contributed by atoms with Crippen LogP contribution in [0.25, 0.3) is 11.3 Å². The van der Waals surface area contributed by atoms with E-state index in [1.54, 1.807) is 0 Å². The van der Waals surface area contributed by atoms with Crippen molar-refractivity contribution in [3.8, 4) is 23.6 Å². The second-order valence-electron chi connectivity index (χ2n) is 12.7. The van der Waals surface area contributed by atoms with E-state index in [0.29, 0.717) is 18.5 Å². The summed E-state index contributed by atoms with van der Waals surface area (Å²) in [4.78, 5) is 12.4. The highest BCUT2D eigenvalue weighted by Crippen LogP contribution is 2.43. The molecule has 0 amide bonds. The van der Waals surface area contributed by atoms with Gasteiger partial charge in [0, 0.05) is 53.3 Å². The number of aromatic nitrogens is 2. The van der Waals surface area contributed by atoms with Crippen LogP contribution in [0.3, 0.4) is 0 Å². The van der Waals surface area contributed by atoms with Crippen LogP contribution < -0.4 is 4.90 Å². The number of hydrogen-bond donors (Lipinski definition) is 0. The van der Waals surface area contributed by atoms with Crippen molar-refractivity contribution in [3.05, 3.63) is 53.0 Å². The molecule has 2 aromatic rings. The molecule has 1 aliphatic rings. The van der Waals surface area contributed by atoms with Crippen molar-refractivity contribution in [1.29, 1.82) is 0 Å². The molecule has 1 atom stereocenters. The van der Waals surface area contributed by atoms with Gasteiger partial charge in [0.25, 0.3) is 0 Å². The molecule has 0 bridgehead atoms. The SMILES string of the molecule is C#CC(=C)C(C)c1c(C)ncc(-c2ccc(CCC(C)C)c(C)n2)c1N1CCC(C)(C)CC1.CC(C)C.CF. The summed E-state index contributed by atoms with van der Waals surface area (Å²) in [6, 6.07) is 4.43. The first-order chi connectivity index (χ1) is 18.3. The Kier molecular flexibility index (Phi) is 13.9. The average Bonchev–Trinajstić information content (AvgIpc) is 2.87. The van der Waals surface area contributed by atoms with Crippen LogP contribution in [-0.4, -0.2) is 30.2 Å². The number of terminal acetylenes is 1. The Morgan fingerprint density at radius 1 is 1.05 bits per heavy atom. The number of anilines is 1. The first-order valence-electron chi connectivity index (χ1n) is 14.5. The third kappa shape index (κ3) is 10.1. The molecule has 1 unspecified atom stereocenters. The maximum atomic E-state index is 9.50. The molecule has 1 fully saturated rings. The Morgan fingerprint density at radius 3 is 2.10 bits per heavy atom. The molecule has 3 rings (SSSR count). The third-order valence-electron chi connectivity index (χ3n) is 7.32. The standard InChI is InChI=1S/C30H41N3.C4H10.CH3F/c1-10-21(4)22(5)28-24(7)31-19-26(29(28)33-17-15-30(8,9)16-18-33)27-14-13-25(23(6)32-27)12-11-20(2)3;1-4(2)3;1-2/h1,13-14,19-20,22H,4,11-12,15-18H2,2-3,5-9H3;4H,1-3H3;1H3. The Bertz CT molecular complexity index is 1090. The Morgan fingerprint density at radius 2 is 1.62 bits per heavy atom. The van der Waals surface area contributed by atoms with E-state index in [-0.39, 0.29) is 5.92 Å². The highest BCUT2D eigenvalue weighted by molar-refractivity contribution is 5.80. The first kappa shape index (κ1) is 34.4. The molecule has 0 aromatic carbocycles. The van der Waals surface area contributed by atoms with E-state index < -0.39 is 0 Å². The summed E-state index contributed by atoms with van der Waals surface area (Å²) in [5.74, 6) is 4.34. The van der Waals surface area contributed by atoms with Crippen LogP contribution in [0, 0.1) is 43.4 Å². The molecule has 0 N–H and O–H groups in total. The number of allylic oxidation sites excluding steroid dienone is 1. The number of alkyl halides is 1. The highest BCUT2D eigenvalue weighted by Gasteiger charge is 2.30. The predicted molar refractivity (Wildman–Crippen MR) is 169 cm³/mol. The fourth-order valence-electron chi connectivity index (χ4n) is 4.74. The lowest BCUT2D eigenvalue weighted by Gasteiger charge is -2.40. The van der Waals surface area contributed by atoms with Crippen molar-refractivity contribution in [2.45, 2.75) is 101 Å². The third-order valence-corrected chi connectivity index (χ3v) is 7.32. The number of halogens is 1. The van der Waals surface area contributed by atoms with Crippen molar-refractivity contribution in [3.63, 3.8) is 0 Å². The van der Waals surface area contributed by atoms with Crippen LogP contribution in [0.2, 0.25) is 0 Å². The lowest BCUT2D eigenvalue weighted by molar-refractivity contribution is 0.279. The first-order valence-corrected chi connectivity index (χ1v) is 14.5. The summed E-state index contributed by atoms with van der Waals surface area (Å²) in [6.45, 7) is 28.4. The van der Waals surface area contributed by atoms with Crippen LogP contribution in [-0.2, 0) is 6.42 Å². The van der Waals surface area contributed by atoms with Gasteiger partial charge in [-0.3, -0.25) is 14.4 Å². The van der Waals surface area contributed by atoms with Gasteiger partial charge in [0.15, 0.2) is 0 Å². The van der Waals surface area contributed by atoms with Crippen molar-refractivity contribution in [1.82, 2.24) is 9.97 Å². The monoisotopic (exact) mass is 535 g/mol. The predicted octanol–water partition coefficient (Wildman–Crippen LogP) is 9.52. The summed E-state index contributed by atoms with van der Waals surface area (Å²) in [5, 5.41) is 0. The van der Waals surface area contributed by atoms with Crippen molar-refractivity contribution < 1.29 is 4.39 Å². The van der Waals surface area contributed by atoms with E-state index in [0.717, 1.165) is 66.5 Å². The highest BCUT2D eigenvalue weighted by atomic mass is 19.1. The normalized spacial score (nSPS) is 15.1. The second-order valence-corrected chi connectivity index (χ2v) is 12.7. The summed E-state index contributed by atoms with van der Waals surface area (Å²) >= 11 is 0. The number of rotatable bonds is 7. The van der Waals surface area contributed by atoms with E-state index in [1.807, 2.05) is 6.20 Å². The van der Waals surface area contributed by atoms with Gasteiger partial charge >= 0.3 is 0 Å². The average molecular weight is 536 g/mol. The molecule has 2 aromatic heterocycles. The zero-order valence-corrected chi connectivity index (χ0v) is 26.7. The minimum atomic E-state index is 0.0406. The van der Waals surface area contributed by atoms with Crippen LogP contribution in [0.5, 0.6) is 0 Å². The molecule has 1 aliphatic heterocycles. The maximum Gasteiger partial charge on any atom is 0.0785 e. The molecule has 0 spiro atoms. The van der Waals surface area contributed by atoms with E-state index in [9.17, 15) is 4.39 Å². The molecular weight excluding hydrogens is 481 g/mol. The molecule has 0 radical (unpaired) electrons. The van der Waals surface area contributed by atoms with Crippen LogP contribution in [0.15, 0.2) is 30.5 Å². The molecule has 0 saturated carbocycles. The molecule has 1 saturated heterocycles. The number of hydrogen-bond acceptors (Lipinski definition) is 3. The Balaban J connectivity index is 0.00000116. The van der Waals surface area contributed by atoms with Crippen LogP contribution >= 0.6 is 0 Å². The molecule has 3 heterocycles. The van der Waals surface area contributed by atoms with Gasteiger partial charge in [-0.15, -0.1) is 6.42 Å². The molecule has 216 valence electrons. The van der Waals surface area contributed by atoms with Gasteiger partial charge in [0.1, 0.15) is 0 Å². The van der Waals surface area contributed by atoms with E-state index >= 15 is 0 Å². The van der Waals surface area contributed by atoms with E-state index in [4.69, 9.17) is 16.4 Å². The maximum absolute atomic E-state index is 9.50. The molecule has 4 heteroatoms. The smallest absolute Gasteiger partial charge is 0.0785 e. The zero-order chi connectivity index (χ0) is 29.9. The topological polar surface area (TPSA) is 29.0 Å². The van der Waals surface area contributed by atoms with Crippen LogP contribution in [0.1, 0.15) is 103 Å². The summed E-state index contributed by atoms with van der Waals surface area (Å²) < 4.78 is 9.50. The number of aryl methyl sites for hydroxylation is 3. The van der Waals surface area contributed by atoms with Gasteiger partial charge in [-0.05, 0) is 68.4 Å². The fraction of sp³-hybridized carbons (Fsp3) is 0.600. The quantitative estimate of drug-likeness (QED) is 0.331. The number of pyridine rings is 2. The van der Waals surface area contributed by atoms with Gasteiger partial charge < -0.3 is 4.90 Å². The van der Waals surface area contributed by atoms with Gasteiger partial charge in [-0.25, -0.2) is 0 Å². The molecule has 39 heavy (non-hydrogen) atoms. The van der Waals surface area contributed by atoms with Crippen molar-refractivity contribution in [2.24, 2.45) is 17.3 Å². The van der Waals surface area contributed by atoms with Crippen molar-refractivity contribution in [2.75, 3.05) is 25.2 Å². The summed E-state index contributed by atoms with van der Waals surface area (Å²) in [7, 11) is 0.500. The minimum absolute atomic E-state index is 0.0406. The molecule has 3 nitrogen and oxygen atoms in total. The molecular formula is C35H54FN3. The minimum Gasteiger partial charge on any atom is -0.371 e. The Labute approximate surface area is 239 Å². The Hall–Kier alpha value is -2.67. The van der Waals surface area contributed by atoms with Gasteiger partial charge in [0.05, 0.1) is 18.6 Å². The van der Waals surface area contributed by atoms with E-state index in [2.05, 4.69) is 98.8 Å². The summed E-state index contributed by atoms with van der Waals surface area (Å²) in [6.07, 6.45) is 12.4. The number of nitrogens with zero attached hydrogens (tertiary/aromatic N) is 3.